The van der Waals surface area contributed by atoms with Gasteiger partial charge in [0.2, 0.25) is 5.91 Å². The monoisotopic (exact) mass is 443 g/mol. The van der Waals surface area contributed by atoms with Gasteiger partial charge in [-0.2, -0.15) is 0 Å². The van der Waals surface area contributed by atoms with E-state index in [2.05, 4.69) is 15.3 Å². The number of anilines is 1. The maximum atomic E-state index is 12.6. The van der Waals surface area contributed by atoms with E-state index in [1.807, 2.05) is 12.1 Å². The van der Waals surface area contributed by atoms with Gasteiger partial charge in [0.1, 0.15) is 17.1 Å². The quantitative estimate of drug-likeness (QED) is 0.355. The first kappa shape index (κ1) is 20.2. The summed E-state index contributed by atoms with van der Waals surface area (Å²) in [5.74, 6) is 1.60. The SMILES string of the molecule is COc1ccc(NC(=O)C(C)Sc2nc(-c3ccco3)c(-c3ccco3)[nH]2)cc1Cl. The number of benzene rings is 1. The van der Waals surface area contributed by atoms with Gasteiger partial charge in [0.05, 0.1) is 29.9 Å². The Balaban J connectivity index is 1.51. The van der Waals surface area contributed by atoms with Crippen molar-refractivity contribution in [3.05, 3.63) is 60.0 Å². The molecule has 154 valence electrons. The molecule has 2 N–H and O–H groups in total. The number of H-pyrrole nitrogens is 1. The molecule has 3 aromatic heterocycles. The topological polar surface area (TPSA) is 93.3 Å². The number of hydrogen-bond donors (Lipinski definition) is 2. The van der Waals surface area contributed by atoms with Crippen LogP contribution in [0.4, 0.5) is 5.69 Å². The van der Waals surface area contributed by atoms with E-state index in [0.717, 1.165) is 0 Å². The van der Waals surface area contributed by atoms with Crippen LogP contribution in [0.3, 0.4) is 0 Å². The Labute approximate surface area is 181 Å². The second kappa shape index (κ2) is 8.73. The number of nitrogens with zero attached hydrogens (tertiary/aromatic N) is 1. The van der Waals surface area contributed by atoms with Crippen LogP contribution in [0.5, 0.6) is 5.75 Å². The van der Waals surface area contributed by atoms with Crippen molar-refractivity contribution in [2.45, 2.75) is 17.3 Å². The molecule has 30 heavy (non-hydrogen) atoms. The number of aromatic amines is 1. The summed E-state index contributed by atoms with van der Waals surface area (Å²) in [7, 11) is 1.54. The first-order valence-corrected chi connectivity index (χ1v) is 10.3. The molecule has 0 saturated heterocycles. The second-order valence-corrected chi connectivity index (χ2v) is 8.06. The fourth-order valence-corrected chi connectivity index (χ4v) is 3.87. The minimum absolute atomic E-state index is 0.184. The van der Waals surface area contributed by atoms with Crippen LogP contribution in [0.15, 0.2) is 69.0 Å². The molecule has 1 unspecified atom stereocenters. The van der Waals surface area contributed by atoms with Gasteiger partial charge >= 0.3 is 0 Å². The van der Waals surface area contributed by atoms with Crippen molar-refractivity contribution in [3.63, 3.8) is 0 Å². The maximum absolute atomic E-state index is 12.6. The summed E-state index contributed by atoms with van der Waals surface area (Å²) in [6.45, 7) is 1.80. The molecule has 0 spiro atoms. The summed E-state index contributed by atoms with van der Waals surface area (Å²) in [5.41, 5.74) is 1.89. The number of amides is 1. The van der Waals surface area contributed by atoms with Crippen molar-refractivity contribution in [1.82, 2.24) is 9.97 Å². The molecule has 0 aliphatic rings. The zero-order valence-electron chi connectivity index (χ0n) is 16.1. The Hall–Kier alpha value is -3.10. The molecular weight excluding hydrogens is 426 g/mol. The first-order chi connectivity index (χ1) is 14.5. The number of ether oxygens (including phenoxy) is 1. The Morgan fingerprint density at radius 3 is 2.57 bits per heavy atom. The number of nitrogens with one attached hydrogen (secondary N) is 2. The zero-order valence-corrected chi connectivity index (χ0v) is 17.7. The van der Waals surface area contributed by atoms with Crippen LogP contribution in [-0.4, -0.2) is 28.2 Å². The van der Waals surface area contributed by atoms with E-state index in [1.165, 1.54) is 18.9 Å². The minimum atomic E-state index is -0.425. The van der Waals surface area contributed by atoms with Crippen LogP contribution >= 0.6 is 23.4 Å². The molecule has 0 aliphatic carbocycles. The number of furan rings is 2. The number of thioether (sulfide) groups is 1. The summed E-state index contributed by atoms with van der Waals surface area (Å²) in [4.78, 5) is 20.5. The predicted molar refractivity (Wildman–Crippen MR) is 116 cm³/mol. The van der Waals surface area contributed by atoms with Gasteiger partial charge in [-0.05, 0) is 49.4 Å². The van der Waals surface area contributed by atoms with Crippen molar-refractivity contribution >= 4 is 35.0 Å². The molecule has 1 aromatic carbocycles. The highest BCUT2D eigenvalue weighted by Gasteiger charge is 2.22. The molecule has 0 saturated carbocycles. The van der Waals surface area contributed by atoms with E-state index in [-0.39, 0.29) is 5.91 Å². The van der Waals surface area contributed by atoms with E-state index in [0.29, 0.717) is 44.5 Å². The lowest BCUT2D eigenvalue weighted by molar-refractivity contribution is -0.115. The van der Waals surface area contributed by atoms with Crippen molar-refractivity contribution in [3.8, 4) is 28.7 Å². The number of aromatic nitrogens is 2. The van der Waals surface area contributed by atoms with Crippen molar-refractivity contribution in [2.24, 2.45) is 0 Å². The third kappa shape index (κ3) is 4.24. The molecule has 0 fully saturated rings. The molecule has 4 aromatic rings. The van der Waals surface area contributed by atoms with Crippen molar-refractivity contribution < 1.29 is 18.4 Å². The second-order valence-electron chi connectivity index (χ2n) is 6.32. The number of rotatable bonds is 7. The van der Waals surface area contributed by atoms with Crippen LogP contribution in [0.1, 0.15) is 6.92 Å². The number of methoxy groups -OCH3 is 1. The standard InChI is InChI=1S/C21H18ClN3O4S/c1-12(20(26)23-13-7-8-15(27-2)14(22)11-13)30-21-24-18(16-5-3-9-28-16)19(25-21)17-6-4-10-29-17/h3-12H,1-2H3,(H,23,26)(H,24,25). The highest BCUT2D eigenvalue weighted by Crippen LogP contribution is 2.34. The molecule has 1 atom stereocenters. The van der Waals surface area contributed by atoms with E-state index in [4.69, 9.17) is 25.2 Å². The van der Waals surface area contributed by atoms with Gasteiger partial charge in [0.25, 0.3) is 0 Å². The summed E-state index contributed by atoms with van der Waals surface area (Å²) in [5, 5.41) is 3.42. The lowest BCUT2D eigenvalue weighted by Crippen LogP contribution is -2.22. The van der Waals surface area contributed by atoms with E-state index >= 15 is 0 Å². The van der Waals surface area contributed by atoms with Gasteiger partial charge in [0.15, 0.2) is 16.7 Å². The van der Waals surface area contributed by atoms with Crippen LogP contribution in [0.25, 0.3) is 22.9 Å². The molecule has 7 nitrogen and oxygen atoms in total. The van der Waals surface area contributed by atoms with Gasteiger partial charge in [-0.3, -0.25) is 4.79 Å². The van der Waals surface area contributed by atoms with Gasteiger partial charge < -0.3 is 23.9 Å². The number of hydrogen-bond acceptors (Lipinski definition) is 6. The fourth-order valence-electron chi connectivity index (χ4n) is 2.81. The fraction of sp³-hybridized carbons (Fsp3) is 0.143. The Morgan fingerprint density at radius 1 is 1.20 bits per heavy atom. The molecule has 1 amide bonds. The highest BCUT2D eigenvalue weighted by molar-refractivity contribution is 8.00. The first-order valence-electron chi connectivity index (χ1n) is 9.04. The van der Waals surface area contributed by atoms with Crippen LogP contribution in [0, 0.1) is 0 Å². The third-order valence-electron chi connectivity index (χ3n) is 4.28. The van der Waals surface area contributed by atoms with Crippen LogP contribution < -0.4 is 10.1 Å². The smallest absolute Gasteiger partial charge is 0.237 e. The molecule has 3 heterocycles. The van der Waals surface area contributed by atoms with Crippen molar-refractivity contribution in [2.75, 3.05) is 12.4 Å². The summed E-state index contributed by atoms with van der Waals surface area (Å²) < 4.78 is 16.1. The van der Waals surface area contributed by atoms with Crippen molar-refractivity contribution in [1.29, 1.82) is 0 Å². The Morgan fingerprint density at radius 2 is 1.93 bits per heavy atom. The number of halogens is 1. The average Bonchev–Trinajstić information content (AvgIpc) is 3.48. The van der Waals surface area contributed by atoms with Gasteiger partial charge in [-0.15, -0.1) is 0 Å². The molecule has 0 radical (unpaired) electrons. The predicted octanol–water partition coefficient (Wildman–Crippen LogP) is 5.71. The van der Waals surface area contributed by atoms with Crippen LogP contribution in [0.2, 0.25) is 5.02 Å². The van der Waals surface area contributed by atoms with Gasteiger partial charge in [0, 0.05) is 5.69 Å². The number of imidazole rings is 1. The lowest BCUT2D eigenvalue weighted by atomic mass is 10.2. The summed E-state index contributed by atoms with van der Waals surface area (Å²) >= 11 is 7.42. The molecule has 9 heteroatoms. The summed E-state index contributed by atoms with van der Waals surface area (Å²) in [6.07, 6.45) is 3.17. The zero-order chi connectivity index (χ0) is 21.1. The average molecular weight is 444 g/mol. The molecular formula is C21H18ClN3O4S. The normalized spacial score (nSPS) is 12.0. The molecule has 0 aliphatic heterocycles. The largest absolute Gasteiger partial charge is 0.495 e. The number of carbonyl (C=O) groups is 1. The number of carbonyl (C=O) groups excluding carboxylic acids is 1. The molecule has 4 rings (SSSR count). The van der Waals surface area contributed by atoms with Gasteiger partial charge in [-0.1, -0.05) is 23.4 Å². The minimum Gasteiger partial charge on any atom is -0.495 e. The summed E-state index contributed by atoms with van der Waals surface area (Å²) in [6, 6.07) is 12.3. The highest BCUT2D eigenvalue weighted by atomic mass is 35.5. The van der Waals surface area contributed by atoms with Crippen LogP contribution in [-0.2, 0) is 4.79 Å². The van der Waals surface area contributed by atoms with Gasteiger partial charge in [-0.25, -0.2) is 4.98 Å². The van der Waals surface area contributed by atoms with E-state index in [1.54, 1.807) is 49.8 Å². The Bertz CT molecular complexity index is 1090. The molecule has 0 bridgehead atoms. The maximum Gasteiger partial charge on any atom is 0.237 e. The lowest BCUT2D eigenvalue weighted by Gasteiger charge is -2.11. The van der Waals surface area contributed by atoms with E-state index in [9.17, 15) is 4.79 Å². The third-order valence-corrected chi connectivity index (χ3v) is 5.56. The van der Waals surface area contributed by atoms with E-state index < -0.39 is 5.25 Å². The Kier molecular flexibility index (Phi) is 5.87.